The minimum absolute atomic E-state index is 0.204. The topological polar surface area (TPSA) is 81.4 Å². The number of hydrogen-bond donors (Lipinski definition) is 2. The van der Waals surface area contributed by atoms with Gasteiger partial charge in [-0.2, -0.15) is 0 Å². The number of nitrogen functional groups attached to an aromatic ring is 1. The number of anilines is 1. The summed E-state index contributed by atoms with van der Waals surface area (Å²) in [4.78, 5) is 24.6. The minimum atomic E-state index is -0.696. The van der Waals surface area contributed by atoms with Gasteiger partial charge in [-0.05, 0) is 51.3 Å². The molecule has 0 aliphatic heterocycles. The molecule has 0 fully saturated rings. The summed E-state index contributed by atoms with van der Waals surface area (Å²) in [6.45, 7) is 9.92. The second kappa shape index (κ2) is 8.57. The van der Waals surface area contributed by atoms with Gasteiger partial charge in [0.05, 0.1) is 12.7 Å². The SMILES string of the molecule is COC(=O)[C@H](CC(C)C)NC(=O)c1ccc(N)cc1C#CC(C)(C)C. The van der Waals surface area contributed by atoms with Crippen molar-refractivity contribution in [3.8, 4) is 11.8 Å². The molecule has 0 saturated carbocycles. The van der Waals surface area contributed by atoms with E-state index < -0.39 is 12.0 Å². The molecule has 0 unspecified atom stereocenters. The fourth-order valence-corrected chi connectivity index (χ4v) is 2.18. The van der Waals surface area contributed by atoms with Crippen molar-refractivity contribution in [2.75, 3.05) is 12.8 Å². The molecule has 1 aromatic carbocycles. The maximum atomic E-state index is 12.7. The number of carbonyl (C=O) groups excluding carboxylic acids is 2. The molecular formula is C20H28N2O3. The van der Waals surface area contributed by atoms with Crippen molar-refractivity contribution in [3.05, 3.63) is 29.3 Å². The van der Waals surface area contributed by atoms with Crippen LogP contribution in [0.5, 0.6) is 0 Å². The Kier molecular flexibility index (Phi) is 7.05. The molecule has 0 aliphatic rings. The molecule has 136 valence electrons. The third kappa shape index (κ3) is 6.88. The summed E-state index contributed by atoms with van der Waals surface area (Å²) in [6, 6.07) is 4.25. The lowest BCUT2D eigenvalue weighted by Gasteiger charge is -2.19. The maximum Gasteiger partial charge on any atom is 0.328 e. The molecule has 1 aromatic rings. The van der Waals surface area contributed by atoms with E-state index in [-0.39, 0.29) is 17.2 Å². The van der Waals surface area contributed by atoms with Crippen molar-refractivity contribution in [2.24, 2.45) is 11.3 Å². The first kappa shape index (κ1) is 20.6. The van der Waals surface area contributed by atoms with Crippen LogP contribution in [0.25, 0.3) is 0 Å². The lowest BCUT2D eigenvalue weighted by atomic mass is 9.96. The van der Waals surface area contributed by atoms with Crippen LogP contribution in [0, 0.1) is 23.2 Å². The summed E-state index contributed by atoms with van der Waals surface area (Å²) in [5.41, 5.74) is 7.09. The quantitative estimate of drug-likeness (QED) is 0.489. The Bertz CT molecular complexity index is 691. The van der Waals surface area contributed by atoms with Crippen molar-refractivity contribution in [1.82, 2.24) is 5.32 Å². The van der Waals surface area contributed by atoms with Gasteiger partial charge in [-0.1, -0.05) is 25.7 Å². The first-order chi connectivity index (χ1) is 11.5. The Morgan fingerprint density at radius 2 is 1.92 bits per heavy atom. The van der Waals surface area contributed by atoms with Crippen molar-refractivity contribution in [1.29, 1.82) is 0 Å². The highest BCUT2D eigenvalue weighted by Crippen LogP contribution is 2.16. The molecule has 0 radical (unpaired) electrons. The van der Waals surface area contributed by atoms with E-state index in [0.717, 1.165) is 0 Å². The lowest BCUT2D eigenvalue weighted by Crippen LogP contribution is -2.42. The molecule has 5 nitrogen and oxygen atoms in total. The summed E-state index contributed by atoms with van der Waals surface area (Å²) < 4.78 is 4.79. The first-order valence-electron chi connectivity index (χ1n) is 8.35. The number of benzene rings is 1. The summed E-state index contributed by atoms with van der Waals surface area (Å²) in [5, 5.41) is 2.75. The second-order valence-corrected chi connectivity index (χ2v) is 7.48. The number of hydrogen-bond acceptors (Lipinski definition) is 4. The number of methoxy groups -OCH3 is 1. The van der Waals surface area contributed by atoms with E-state index >= 15 is 0 Å². The van der Waals surface area contributed by atoms with Crippen molar-refractivity contribution in [2.45, 2.75) is 47.1 Å². The summed E-state index contributed by atoms with van der Waals surface area (Å²) in [6.07, 6.45) is 0.496. The largest absolute Gasteiger partial charge is 0.467 e. The van der Waals surface area contributed by atoms with E-state index in [1.807, 2.05) is 34.6 Å². The minimum Gasteiger partial charge on any atom is -0.467 e. The lowest BCUT2D eigenvalue weighted by molar-refractivity contribution is -0.143. The van der Waals surface area contributed by atoms with Gasteiger partial charge in [0, 0.05) is 16.7 Å². The highest BCUT2D eigenvalue weighted by atomic mass is 16.5. The predicted molar refractivity (Wildman–Crippen MR) is 99.9 cm³/mol. The second-order valence-electron chi connectivity index (χ2n) is 7.48. The zero-order valence-electron chi connectivity index (χ0n) is 15.9. The fourth-order valence-electron chi connectivity index (χ4n) is 2.18. The fraction of sp³-hybridized carbons (Fsp3) is 0.500. The molecule has 0 bridgehead atoms. The van der Waals surface area contributed by atoms with Crippen LogP contribution in [-0.4, -0.2) is 25.0 Å². The maximum absolute atomic E-state index is 12.7. The van der Waals surface area contributed by atoms with Crippen LogP contribution >= 0.6 is 0 Å². The summed E-state index contributed by atoms with van der Waals surface area (Å²) in [5.74, 6) is 5.54. The van der Waals surface area contributed by atoms with Gasteiger partial charge >= 0.3 is 5.97 Å². The van der Waals surface area contributed by atoms with Crippen LogP contribution in [0.15, 0.2) is 18.2 Å². The Morgan fingerprint density at radius 3 is 2.44 bits per heavy atom. The molecule has 5 heteroatoms. The number of amides is 1. The Labute approximate surface area is 150 Å². The van der Waals surface area contributed by atoms with E-state index in [0.29, 0.717) is 23.2 Å². The molecule has 0 heterocycles. The van der Waals surface area contributed by atoms with Gasteiger partial charge < -0.3 is 15.8 Å². The Morgan fingerprint density at radius 1 is 1.28 bits per heavy atom. The Hall–Kier alpha value is -2.48. The molecule has 1 amide bonds. The van der Waals surface area contributed by atoms with Crippen LogP contribution in [0.4, 0.5) is 5.69 Å². The molecule has 0 spiro atoms. The highest BCUT2D eigenvalue weighted by Gasteiger charge is 2.24. The van der Waals surface area contributed by atoms with Gasteiger partial charge in [0.25, 0.3) is 5.91 Å². The number of nitrogens with one attached hydrogen (secondary N) is 1. The van der Waals surface area contributed by atoms with Gasteiger partial charge in [-0.3, -0.25) is 4.79 Å². The molecule has 1 atom stereocenters. The third-order valence-electron chi connectivity index (χ3n) is 3.36. The number of esters is 1. The van der Waals surface area contributed by atoms with Crippen LogP contribution in [0.2, 0.25) is 0 Å². The van der Waals surface area contributed by atoms with E-state index in [9.17, 15) is 9.59 Å². The Balaban J connectivity index is 3.15. The molecule has 0 aromatic heterocycles. The first-order valence-corrected chi connectivity index (χ1v) is 8.35. The zero-order chi connectivity index (χ0) is 19.2. The van der Waals surface area contributed by atoms with Gasteiger partial charge in [-0.15, -0.1) is 0 Å². The van der Waals surface area contributed by atoms with Crippen LogP contribution < -0.4 is 11.1 Å². The summed E-state index contributed by atoms with van der Waals surface area (Å²) >= 11 is 0. The van der Waals surface area contributed by atoms with E-state index in [1.54, 1.807) is 18.2 Å². The monoisotopic (exact) mass is 344 g/mol. The van der Waals surface area contributed by atoms with Crippen molar-refractivity contribution < 1.29 is 14.3 Å². The summed E-state index contributed by atoms with van der Waals surface area (Å²) in [7, 11) is 1.31. The average Bonchev–Trinajstić information content (AvgIpc) is 2.50. The highest BCUT2D eigenvalue weighted by molar-refractivity contribution is 5.99. The van der Waals surface area contributed by atoms with E-state index in [2.05, 4.69) is 17.2 Å². The number of nitrogens with two attached hydrogens (primary N) is 1. The van der Waals surface area contributed by atoms with Gasteiger partial charge in [0.2, 0.25) is 0 Å². The van der Waals surface area contributed by atoms with Crippen LogP contribution in [-0.2, 0) is 9.53 Å². The van der Waals surface area contributed by atoms with E-state index in [1.165, 1.54) is 7.11 Å². The molecule has 25 heavy (non-hydrogen) atoms. The molecule has 0 saturated heterocycles. The van der Waals surface area contributed by atoms with Gasteiger partial charge in [0.1, 0.15) is 6.04 Å². The van der Waals surface area contributed by atoms with Gasteiger partial charge in [-0.25, -0.2) is 4.79 Å². The molecule has 3 N–H and O–H groups in total. The molecule has 1 rings (SSSR count). The molecule has 0 aliphatic carbocycles. The molecular weight excluding hydrogens is 316 g/mol. The van der Waals surface area contributed by atoms with Crippen LogP contribution in [0.3, 0.4) is 0 Å². The number of rotatable bonds is 5. The van der Waals surface area contributed by atoms with Crippen LogP contribution in [0.1, 0.15) is 57.0 Å². The van der Waals surface area contributed by atoms with Crippen molar-refractivity contribution in [3.63, 3.8) is 0 Å². The number of carbonyl (C=O) groups is 2. The smallest absolute Gasteiger partial charge is 0.328 e. The average molecular weight is 344 g/mol. The standard InChI is InChI=1S/C20H28N2O3/c1-13(2)11-17(19(24)25-6)22-18(23)16-8-7-15(21)12-14(16)9-10-20(3,4)5/h7-8,12-13,17H,11,21H2,1-6H3,(H,22,23)/t17-/m0/s1. The van der Waals surface area contributed by atoms with Gasteiger partial charge in [0.15, 0.2) is 0 Å². The van der Waals surface area contributed by atoms with Crippen molar-refractivity contribution >= 4 is 17.6 Å². The third-order valence-corrected chi connectivity index (χ3v) is 3.36. The predicted octanol–water partition coefficient (Wildman–Crippen LogP) is 2.98. The number of ether oxygens (including phenoxy) is 1. The zero-order valence-corrected chi connectivity index (χ0v) is 15.9. The van der Waals surface area contributed by atoms with E-state index in [4.69, 9.17) is 10.5 Å². The normalized spacial score (nSPS) is 12.1.